The van der Waals surface area contributed by atoms with Gasteiger partial charge in [-0.2, -0.15) is 0 Å². The fourth-order valence-electron chi connectivity index (χ4n) is 1.38. The molecule has 0 N–H and O–H groups in total. The number of rotatable bonds is 3. The van der Waals surface area contributed by atoms with Gasteiger partial charge >= 0.3 is 0 Å². The summed E-state index contributed by atoms with van der Waals surface area (Å²) >= 11 is 0. The van der Waals surface area contributed by atoms with E-state index in [0.717, 1.165) is 29.7 Å². The number of hydrogen-bond acceptors (Lipinski definition) is 1. The molecule has 84 valence electrons. The Kier molecular flexibility index (Phi) is 5.22. The monoisotopic (exact) mass is 214 g/mol. The Morgan fingerprint density at radius 1 is 1.38 bits per heavy atom. The molecule has 1 nitrogen and oxygen atoms in total. The zero-order valence-electron chi connectivity index (χ0n) is 10.2. The van der Waals surface area contributed by atoms with Crippen LogP contribution in [0, 0.1) is 11.8 Å². The maximum absolute atomic E-state index is 5.20. The number of unbranched alkanes of at least 4 members (excludes halogenated alkanes) is 1. The van der Waals surface area contributed by atoms with E-state index in [1.165, 1.54) is 0 Å². The Labute approximate surface area is 98.1 Å². The first-order valence-electron chi connectivity index (χ1n) is 5.61. The minimum Gasteiger partial charge on any atom is -0.497 e. The molecule has 0 aliphatic carbocycles. The predicted molar refractivity (Wildman–Crippen MR) is 69.5 cm³/mol. The van der Waals surface area contributed by atoms with Crippen molar-refractivity contribution in [1.29, 1.82) is 0 Å². The Morgan fingerprint density at radius 2 is 2.19 bits per heavy atom. The van der Waals surface area contributed by atoms with Gasteiger partial charge in [0.05, 0.1) is 7.11 Å². The molecule has 1 aromatic rings. The standard InChI is InChI=1S/C15H18O/c1-4-6-7-9-13-10-11-15(16-3)12-14(13)8-5-2/h5,8,10-12H,4,6H2,1-3H3/b8-5+. The minimum atomic E-state index is 0.870. The second-order valence-electron chi connectivity index (χ2n) is 3.50. The molecule has 0 bridgehead atoms. The molecule has 0 aliphatic rings. The predicted octanol–water partition coefficient (Wildman–Crippen LogP) is 3.88. The van der Waals surface area contributed by atoms with Crippen LogP contribution in [0.15, 0.2) is 24.3 Å². The highest BCUT2D eigenvalue weighted by atomic mass is 16.5. The number of hydrogen-bond donors (Lipinski definition) is 0. The van der Waals surface area contributed by atoms with E-state index in [1.54, 1.807) is 7.11 Å². The highest BCUT2D eigenvalue weighted by molar-refractivity contribution is 5.61. The summed E-state index contributed by atoms with van der Waals surface area (Å²) in [5, 5.41) is 0. The van der Waals surface area contributed by atoms with Crippen LogP contribution in [0.25, 0.3) is 6.08 Å². The van der Waals surface area contributed by atoms with Crippen molar-refractivity contribution < 1.29 is 4.74 Å². The average molecular weight is 214 g/mol. The van der Waals surface area contributed by atoms with Gasteiger partial charge in [-0.1, -0.05) is 30.9 Å². The van der Waals surface area contributed by atoms with E-state index in [9.17, 15) is 0 Å². The van der Waals surface area contributed by atoms with E-state index in [0.29, 0.717) is 0 Å². The zero-order valence-corrected chi connectivity index (χ0v) is 10.2. The molecule has 0 atom stereocenters. The lowest BCUT2D eigenvalue weighted by molar-refractivity contribution is 0.414. The van der Waals surface area contributed by atoms with E-state index in [-0.39, 0.29) is 0 Å². The van der Waals surface area contributed by atoms with Crippen LogP contribution >= 0.6 is 0 Å². The lowest BCUT2D eigenvalue weighted by Crippen LogP contribution is -1.87. The molecule has 0 fully saturated rings. The number of allylic oxidation sites excluding steroid dienone is 1. The van der Waals surface area contributed by atoms with E-state index >= 15 is 0 Å². The van der Waals surface area contributed by atoms with Gasteiger partial charge in [0.15, 0.2) is 0 Å². The largest absolute Gasteiger partial charge is 0.497 e. The van der Waals surface area contributed by atoms with Crippen LogP contribution < -0.4 is 4.74 Å². The molecule has 1 aromatic carbocycles. The van der Waals surface area contributed by atoms with Gasteiger partial charge in [0.25, 0.3) is 0 Å². The molecule has 0 aromatic heterocycles. The third-order valence-corrected chi connectivity index (χ3v) is 2.20. The number of methoxy groups -OCH3 is 1. The highest BCUT2D eigenvalue weighted by Crippen LogP contribution is 2.18. The average Bonchev–Trinajstić information content (AvgIpc) is 2.31. The van der Waals surface area contributed by atoms with Gasteiger partial charge < -0.3 is 4.74 Å². The second kappa shape index (κ2) is 6.74. The maximum Gasteiger partial charge on any atom is 0.119 e. The molecular formula is C15H18O. The summed E-state index contributed by atoms with van der Waals surface area (Å²) in [6, 6.07) is 5.97. The van der Waals surface area contributed by atoms with Crippen LogP contribution in [0.2, 0.25) is 0 Å². The minimum absolute atomic E-state index is 0.870. The Hall–Kier alpha value is -1.68. The quantitative estimate of drug-likeness (QED) is 0.694. The van der Waals surface area contributed by atoms with Crippen molar-refractivity contribution in [1.82, 2.24) is 0 Å². The van der Waals surface area contributed by atoms with Crippen molar-refractivity contribution in [3.63, 3.8) is 0 Å². The molecule has 0 aliphatic heterocycles. The molecule has 16 heavy (non-hydrogen) atoms. The third kappa shape index (κ3) is 3.47. The smallest absolute Gasteiger partial charge is 0.119 e. The molecule has 0 saturated heterocycles. The summed E-state index contributed by atoms with van der Waals surface area (Å²) < 4.78 is 5.20. The number of benzene rings is 1. The van der Waals surface area contributed by atoms with Gasteiger partial charge in [0, 0.05) is 12.0 Å². The Morgan fingerprint density at radius 3 is 2.81 bits per heavy atom. The summed E-state index contributed by atoms with van der Waals surface area (Å²) in [6.45, 7) is 4.14. The lowest BCUT2D eigenvalue weighted by atomic mass is 10.1. The van der Waals surface area contributed by atoms with Crippen LogP contribution in [-0.4, -0.2) is 7.11 Å². The van der Waals surface area contributed by atoms with Crippen LogP contribution in [0.4, 0.5) is 0 Å². The fraction of sp³-hybridized carbons (Fsp3) is 0.333. The van der Waals surface area contributed by atoms with Crippen LogP contribution in [-0.2, 0) is 0 Å². The van der Waals surface area contributed by atoms with Gasteiger partial charge in [-0.25, -0.2) is 0 Å². The van der Waals surface area contributed by atoms with Crippen molar-refractivity contribution in [2.24, 2.45) is 0 Å². The van der Waals surface area contributed by atoms with Crippen LogP contribution in [0.5, 0.6) is 5.75 Å². The fourth-order valence-corrected chi connectivity index (χ4v) is 1.38. The molecule has 0 saturated carbocycles. The van der Waals surface area contributed by atoms with Crippen LogP contribution in [0.3, 0.4) is 0 Å². The van der Waals surface area contributed by atoms with Crippen molar-refractivity contribution in [2.45, 2.75) is 26.7 Å². The summed E-state index contributed by atoms with van der Waals surface area (Å²) in [6.07, 6.45) is 6.11. The molecular weight excluding hydrogens is 196 g/mol. The SMILES string of the molecule is C/C=C/c1cc(OC)ccc1C#CCCC. The van der Waals surface area contributed by atoms with E-state index in [4.69, 9.17) is 4.74 Å². The second-order valence-corrected chi connectivity index (χ2v) is 3.50. The van der Waals surface area contributed by atoms with E-state index in [2.05, 4.69) is 24.8 Å². The van der Waals surface area contributed by atoms with Gasteiger partial charge in [-0.3, -0.25) is 0 Å². The highest BCUT2D eigenvalue weighted by Gasteiger charge is 1.98. The molecule has 0 spiro atoms. The van der Waals surface area contributed by atoms with Gasteiger partial charge in [-0.15, -0.1) is 0 Å². The first-order valence-corrected chi connectivity index (χ1v) is 5.61. The van der Waals surface area contributed by atoms with Crippen molar-refractivity contribution in [3.05, 3.63) is 35.4 Å². The molecule has 1 rings (SSSR count). The lowest BCUT2D eigenvalue weighted by Gasteiger charge is -2.03. The van der Waals surface area contributed by atoms with Crippen molar-refractivity contribution >= 4 is 6.08 Å². The van der Waals surface area contributed by atoms with Crippen LogP contribution in [0.1, 0.15) is 37.8 Å². The van der Waals surface area contributed by atoms with Gasteiger partial charge in [0.2, 0.25) is 0 Å². The summed E-state index contributed by atoms with van der Waals surface area (Å²) in [7, 11) is 1.68. The molecule has 0 heterocycles. The normalized spacial score (nSPS) is 9.94. The summed E-state index contributed by atoms with van der Waals surface area (Å²) in [4.78, 5) is 0. The van der Waals surface area contributed by atoms with Crippen molar-refractivity contribution in [2.75, 3.05) is 7.11 Å². The third-order valence-electron chi connectivity index (χ3n) is 2.20. The van der Waals surface area contributed by atoms with Gasteiger partial charge in [0.1, 0.15) is 5.75 Å². The summed E-state index contributed by atoms with van der Waals surface area (Å²) in [5.41, 5.74) is 2.18. The Balaban J connectivity index is 3.04. The summed E-state index contributed by atoms with van der Waals surface area (Å²) in [5.74, 6) is 7.23. The molecule has 1 heteroatoms. The first-order chi connectivity index (χ1) is 7.81. The zero-order chi connectivity index (χ0) is 11.8. The maximum atomic E-state index is 5.20. The molecule has 0 amide bonds. The van der Waals surface area contributed by atoms with E-state index in [1.807, 2.05) is 31.2 Å². The van der Waals surface area contributed by atoms with E-state index < -0.39 is 0 Å². The van der Waals surface area contributed by atoms with Crippen molar-refractivity contribution in [3.8, 4) is 17.6 Å². The molecule has 0 unspecified atom stereocenters. The molecule has 0 radical (unpaired) electrons. The number of ether oxygens (including phenoxy) is 1. The topological polar surface area (TPSA) is 9.23 Å². The Bertz CT molecular complexity index is 419. The first kappa shape index (κ1) is 12.4. The van der Waals surface area contributed by atoms with Gasteiger partial charge in [-0.05, 0) is 37.1 Å².